The lowest BCUT2D eigenvalue weighted by Crippen LogP contribution is -2.33. The Morgan fingerprint density at radius 2 is 1.90 bits per heavy atom. The highest BCUT2D eigenvalue weighted by molar-refractivity contribution is 6.04. The predicted octanol–water partition coefficient (Wildman–Crippen LogP) is 3.33. The second-order valence-corrected chi connectivity index (χ2v) is 7.34. The summed E-state index contributed by atoms with van der Waals surface area (Å²) in [5, 5.41) is 5.85. The first-order valence-corrected chi connectivity index (χ1v) is 9.83. The molecule has 3 aromatic rings. The fraction of sp³-hybridized carbons (Fsp3) is 0.227. The van der Waals surface area contributed by atoms with Gasteiger partial charge in [0.05, 0.1) is 0 Å². The van der Waals surface area contributed by atoms with Gasteiger partial charge in [-0.2, -0.15) is 0 Å². The summed E-state index contributed by atoms with van der Waals surface area (Å²) < 4.78 is 26.7. The standard InChI is InChI=1S/C22H20F2N4O3/c23-14-2-1-3-16(10-14)26-20(29)7-6-19-21(30)28(22(31)27-19)9-8-13-12-25-18-5-4-15(24)11-17(13)18/h1-5,10-12,19,25H,6-9H2,(H,26,29)(H,27,31). The fourth-order valence-electron chi connectivity index (χ4n) is 3.64. The third kappa shape index (κ3) is 4.55. The van der Waals surface area contributed by atoms with Crippen molar-refractivity contribution < 1.29 is 23.2 Å². The Hall–Kier alpha value is -3.75. The van der Waals surface area contributed by atoms with Crippen molar-refractivity contribution in [1.82, 2.24) is 15.2 Å². The number of aromatic amines is 1. The van der Waals surface area contributed by atoms with Crippen LogP contribution in [0, 0.1) is 11.6 Å². The van der Waals surface area contributed by atoms with Crippen LogP contribution in [0.25, 0.3) is 10.9 Å². The maximum atomic E-state index is 13.5. The lowest BCUT2D eigenvalue weighted by Gasteiger charge is -2.13. The Labute approximate surface area is 176 Å². The summed E-state index contributed by atoms with van der Waals surface area (Å²) in [4.78, 5) is 41.1. The molecule has 4 rings (SSSR count). The molecule has 4 amide bonds. The largest absolute Gasteiger partial charge is 0.361 e. The third-order valence-corrected chi connectivity index (χ3v) is 5.21. The fourth-order valence-corrected chi connectivity index (χ4v) is 3.64. The highest BCUT2D eigenvalue weighted by Crippen LogP contribution is 2.21. The number of amides is 4. The molecule has 1 saturated heterocycles. The van der Waals surface area contributed by atoms with E-state index in [0.717, 1.165) is 16.0 Å². The first kappa shape index (κ1) is 20.5. The summed E-state index contributed by atoms with van der Waals surface area (Å²) in [5.41, 5.74) is 1.90. The second-order valence-electron chi connectivity index (χ2n) is 7.34. The predicted molar refractivity (Wildman–Crippen MR) is 110 cm³/mol. The van der Waals surface area contributed by atoms with Crippen LogP contribution in [0.4, 0.5) is 19.3 Å². The molecule has 0 aliphatic carbocycles. The molecule has 0 saturated carbocycles. The van der Waals surface area contributed by atoms with Crippen molar-refractivity contribution in [2.24, 2.45) is 0 Å². The number of anilines is 1. The Bertz CT molecular complexity index is 1160. The number of nitrogens with zero attached hydrogens (tertiary/aromatic N) is 1. The van der Waals surface area contributed by atoms with Crippen LogP contribution in [0.15, 0.2) is 48.7 Å². The zero-order chi connectivity index (χ0) is 22.0. The van der Waals surface area contributed by atoms with E-state index in [9.17, 15) is 23.2 Å². The molecule has 9 heteroatoms. The van der Waals surface area contributed by atoms with Gasteiger partial charge in [0, 0.05) is 35.8 Å². The molecule has 1 fully saturated rings. The van der Waals surface area contributed by atoms with Crippen LogP contribution in [0.5, 0.6) is 0 Å². The molecule has 1 atom stereocenters. The SMILES string of the molecule is O=C(CCC1NC(=O)N(CCc2c[nH]c3ccc(F)cc23)C1=O)Nc1cccc(F)c1. The van der Waals surface area contributed by atoms with Crippen molar-refractivity contribution in [3.05, 3.63) is 65.9 Å². The number of urea groups is 1. The van der Waals surface area contributed by atoms with E-state index in [2.05, 4.69) is 15.6 Å². The molecule has 1 unspecified atom stereocenters. The number of H-pyrrole nitrogens is 1. The van der Waals surface area contributed by atoms with Gasteiger partial charge < -0.3 is 15.6 Å². The molecule has 0 radical (unpaired) electrons. The lowest BCUT2D eigenvalue weighted by molar-refractivity contribution is -0.127. The smallest absolute Gasteiger partial charge is 0.324 e. The molecule has 7 nitrogen and oxygen atoms in total. The number of aromatic nitrogens is 1. The number of benzene rings is 2. The van der Waals surface area contributed by atoms with Crippen LogP contribution < -0.4 is 10.6 Å². The van der Waals surface area contributed by atoms with E-state index in [0.29, 0.717) is 17.5 Å². The molecule has 3 N–H and O–H groups in total. The van der Waals surface area contributed by atoms with Crippen molar-refractivity contribution in [2.45, 2.75) is 25.3 Å². The Morgan fingerprint density at radius 3 is 2.71 bits per heavy atom. The van der Waals surface area contributed by atoms with Crippen LogP contribution in [0.2, 0.25) is 0 Å². The van der Waals surface area contributed by atoms with E-state index in [1.807, 2.05) is 0 Å². The number of hydrogen-bond acceptors (Lipinski definition) is 3. The maximum absolute atomic E-state index is 13.5. The van der Waals surface area contributed by atoms with Gasteiger partial charge in [-0.05, 0) is 54.8 Å². The molecule has 2 heterocycles. The minimum Gasteiger partial charge on any atom is -0.361 e. The Kier molecular flexibility index (Phi) is 5.66. The van der Waals surface area contributed by atoms with Gasteiger partial charge in [0.1, 0.15) is 17.7 Å². The van der Waals surface area contributed by atoms with Gasteiger partial charge in [0.2, 0.25) is 5.91 Å². The van der Waals surface area contributed by atoms with Gasteiger partial charge in [0.15, 0.2) is 0 Å². The van der Waals surface area contributed by atoms with Crippen molar-refractivity contribution >= 4 is 34.4 Å². The number of hydrogen-bond donors (Lipinski definition) is 3. The molecule has 2 aromatic carbocycles. The summed E-state index contributed by atoms with van der Waals surface area (Å²) in [6, 6.07) is 8.57. The summed E-state index contributed by atoms with van der Waals surface area (Å²) >= 11 is 0. The van der Waals surface area contributed by atoms with Gasteiger partial charge in [-0.15, -0.1) is 0 Å². The zero-order valence-corrected chi connectivity index (χ0v) is 16.5. The monoisotopic (exact) mass is 426 g/mol. The number of halogens is 2. The average molecular weight is 426 g/mol. The number of nitrogens with one attached hydrogen (secondary N) is 3. The van der Waals surface area contributed by atoms with Gasteiger partial charge in [0.25, 0.3) is 5.91 Å². The van der Waals surface area contributed by atoms with E-state index in [4.69, 9.17) is 0 Å². The van der Waals surface area contributed by atoms with Crippen LogP contribution in [0.1, 0.15) is 18.4 Å². The quantitative estimate of drug-likeness (QED) is 0.506. The molecular weight excluding hydrogens is 406 g/mol. The number of rotatable bonds is 7. The Balaban J connectivity index is 1.32. The third-order valence-electron chi connectivity index (χ3n) is 5.21. The van der Waals surface area contributed by atoms with E-state index in [-0.39, 0.29) is 31.1 Å². The van der Waals surface area contributed by atoms with Crippen LogP contribution >= 0.6 is 0 Å². The summed E-state index contributed by atoms with van der Waals surface area (Å²) in [6.45, 7) is 0.139. The van der Waals surface area contributed by atoms with E-state index < -0.39 is 23.8 Å². The number of fused-ring (bicyclic) bond motifs is 1. The van der Waals surface area contributed by atoms with Crippen LogP contribution in [-0.2, 0) is 16.0 Å². The Morgan fingerprint density at radius 1 is 1.10 bits per heavy atom. The normalized spacial score (nSPS) is 16.1. The molecule has 1 aliphatic heterocycles. The minimum atomic E-state index is -0.800. The van der Waals surface area contributed by atoms with Crippen molar-refractivity contribution in [1.29, 1.82) is 0 Å². The number of carbonyl (C=O) groups excluding carboxylic acids is 3. The molecule has 31 heavy (non-hydrogen) atoms. The summed E-state index contributed by atoms with van der Waals surface area (Å²) in [5.74, 6) is -1.62. The van der Waals surface area contributed by atoms with Crippen LogP contribution in [0.3, 0.4) is 0 Å². The zero-order valence-electron chi connectivity index (χ0n) is 16.5. The van der Waals surface area contributed by atoms with Crippen molar-refractivity contribution in [3.63, 3.8) is 0 Å². The average Bonchev–Trinajstić information content (AvgIpc) is 3.24. The first-order chi connectivity index (χ1) is 14.9. The van der Waals surface area contributed by atoms with Crippen molar-refractivity contribution in [2.75, 3.05) is 11.9 Å². The van der Waals surface area contributed by atoms with Crippen molar-refractivity contribution in [3.8, 4) is 0 Å². The van der Waals surface area contributed by atoms with Gasteiger partial charge >= 0.3 is 6.03 Å². The maximum Gasteiger partial charge on any atom is 0.324 e. The molecule has 160 valence electrons. The van der Waals surface area contributed by atoms with Gasteiger partial charge in [-0.1, -0.05) is 6.07 Å². The summed E-state index contributed by atoms with van der Waals surface area (Å²) in [7, 11) is 0. The molecule has 0 bridgehead atoms. The van der Waals surface area contributed by atoms with Gasteiger partial charge in [-0.3, -0.25) is 14.5 Å². The van der Waals surface area contributed by atoms with E-state index in [1.165, 1.54) is 30.3 Å². The van der Waals surface area contributed by atoms with E-state index in [1.54, 1.807) is 18.3 Å². The van der Waals surface area contributed by atoms with E-state index >= 15 is 0 Å². The number of carbonyl (C=O) groups is 3. The highest BCUT2D eigenvalue weighted by atomic mass is 19.1. The van der Waals surface area contributed by atoms with Crippen LogP contribution in [-0.4, -0.2) is 40.3 Å². The molecule has 1 aliphatic rings. The summed E-state index contributed by atoms with van der Waals surface area (Å²) in [6.07, 6.45) is 2.22. The second kappa shape index (κ2) is 8.55. The number of imide groups is 1. The highest BCUT2D eigenvalue weighted by Gasteiger charge is 2.37. The minimum absolute atomic E-state index is 0.0111. The molecule has 0 spiro atoms. The molecular formula is C22H20F2N4O3. The first-order valence-electron chi connectivity index (χ1n) is 9.83. The topological polar surface area (TPSA) is 94.3 Å². The van der Waals surface area contributed by atoms with Gasteiger partial charge in [-0.25, -0.2) is 13.6 Å². The molecule has 1 aromatic heterocycles. The lowest BCUT2D eigenvalue weighted by atomic mass is 10.1.